The summed E-state index contributed by atoms with van der Waals surface area (Å²) in [7, 11) is 0. The molecule has 0 radical (unpaired) electrons. The van der Waals surface area contributed by atoms with Crippen molar-refractivity contribution in [2.24, 2.45) is 0 Å². The number of rotatable bonds is 5. The van der Waals surface area contributed by atoms with Gasteiger partial charge < -0.3 is 9.73 Å². The fourth-order valence-corrected chi connectivity index (χ4v) is 2.48. The standard InChI is InChI=1S/C19H14FN5O2/c20-15-7-5-13(6-8-15)18(26)25-19(22-12-16-4-2-10-27-16)23-17(24-25)14-3-1-9-21-11-14/h1-11H,12H2,(H,22,23,24). The maximum atomic E-state index is 13.2. The fourth-order valence-electron chi connectivity index (χ4n) is 2.48. The molecule has 1 aromatic carbocycles. The molecular weight excluding hydrogens is 349 g/mol. The van der Waals surface area contributed by atoms with Crippen LogP contribution in [-0.4, -0.2) is 25.7 Å². The Bertz CT molecular complexity index is 1040. The average Bonchev–Trinajstić information content (AvgIpc) is 3.37. The molecule has 0 saturated heterocycles. The number of carbonyl (C=O) groups is 1. The van der Waals surface area contributed by atoms with Crippen molar-refractivity contribution < 1.29 is 13.6 Å². The molecule has 0 unspecified atom stereocenters. The molecular formula is C19H14FN5O2. The van der Waals surface area contributed by atoms with E-state index in [-0.39, 0.29) is 5.95 Å². The van der Waals surface area contributed by atoms with Crippen LogP contribution >= 0.6 is 0 Å². The Morgan fingerprint density at radius 2 is 2.00 bits per heavy atom. The van der Waals surface area contributed by atoms with Crippen LogP contribution in [-0.2, 0) is 6.54 Å². The molecule has 3 heterocycles. The molecule has 0 bridgehead atoms. The minimum atomic E-state index is -0.431. The van der Waals surface area contributed by atoms with E-state index < -0.39 is 11.7 Å². The van der Waals surface area contributed by atoms with Gasteiger partial charge in [-0.3, -0.25) is 9.78 Å². The van der Waals surface area contributed by atoms with Crippen LogP contribution < -0.4 is 5.32 Å². The largest absolute Gasteiger partial charge is 0.467 e. The summed E-state index contributed by atoms with van der Waals surface area (Å²) in [4.78, 5) is 21.3. The number of anilines is 1. The minimum absolute atomic E-state index is 0.250. The lowest BCUT2D eigenvalue weighted by atomic mass is 10.2. The molecule has 27 heavy (non-hydrogen) atoms. The number of hydrogen-bond acceptors (Lipinski definition) is 6. The Balaban J connectivity index is 1.69. The monoisotopic (exact) mass is 363 g/mol. The van der Waals surface area contributed by atoms with E-state index in [2.05, 4.69) is 20.4 Å². The molecule has 0 amide bonds. The van der Waals surface area contributed by atoms with Gasteiger partial charge in [0.2, 0.25) is 5.95 Å². The van der Waals surface area contributed by atoms with Crippen LogP contribution in [0.4, 0.5) is 10.3 Å². The third kappa shape index (κ3) is 3.59. The van der Waals surface area contributed by atoms with E-state index in [1.807, 2.05) is 0 Å². The van der Waals surface area contributed by atoms with E-state index in [9.17, 15) is 9.18 Å². The fraction of sp³-hybridized carbons (Fsp3) is 0.0526. The van der Waals surface area contributed by atoms with Crippen molar-refractivity contribution >= 4 is 11.9 Å². The Morgan fingerprint density at radius 3 is 2.70 bits per heavy atom. The van der Waals surface area contributed by atoms with Gasteiger partial charge in [0.25, 0.3) is 5.91 Å². The van der Waals surface area contributed by atoms with Crippen LogP contribution in [0.25, 0.3) is 11.4 Å². The van der Waals surface area contributed by atoms with Crippen LogP contribution in [0.15, 0.2) is 71.6 Å². The first-order valence-corrected chi connectivity index (χ1v) is 8.15. The highest BCUT2D eigenvalue weighted by Crippen LogP contribution is 2.19. The van der Waals surface area contributed by atoms with Gasteiger partial charge in [-0.1, -0.05) is 0 Å². The average molecular weight is 363 g/mol. The zero-order valence-corrected chi connectivity index (χ0v) is 14.0. The van der Waals surface area contributed by atoms with Gasteiger partial charge in [0, 0.05) is 23.5 Å². The van der Waals surface area contributed by atoms with Gasteiger partial charge in [0.1, 0.15) is 11.6 Å². The highest BCUT2D eigenvalue weighted by atomic mass is 19.1. The Labute approximate surface area is 153 Å². The van der Waals surface area contributed by atoms with Gasteiger partial charge in [-0.15, -0.1) is 5.10 Å². The summed E-state index contributed by atoms with van der Waals surface area (Å²) >= 11 is 0. The maximum Gasteiger partial charge on any atom is 0.281 e. The lowest BCUT2D eigenvalue weighted by Gasteiger charge is -2.06. The zero-order valence-electron chi connectivity index (χ0n) is 14.0. The van der Waals surface area contributed by atoms with Crippen molar-refractivity contribution in [2.45, 2.75) is 6.54 Å². The molecule has 134 valence electrons. The molecule has 4 rings (SSSR count). The predicted molar refractivity (Wildman–Crippen MR) is 95.4 cm³/mol. The molecule has 4 aromatic rings. The number of hydrogen-bond donors (Lipinski definition) is 1. The second kappa shape index (κ2) is 7.20. The molecule has 0 aliphatic carbocycles. The summed E-state index contributed by atoms with van der Waals surface area (Å²) in [6.45, 7) is 0.328. The molecule has 0 saturated carbocycles. The molecule has 0 spiro atoms. The van der Waals surface area contributed by atoms with Gasteiger partial charge >= 0.3 is 0 Å². The minimum Gasteiger partial charge on any atom is -0.467 e. The van der Waals surface area contributed by atoms with Crippen molar-refractivity contribution in [3.8, 4) is 11.4 Å². The molecule has 3 aromatic heterocycles. The normalized spacial score (nSPS) is 10.7. The van der Waals surface area contributed by atoms with E-state index >= 15 is 0 Å². The van der Waals surface area contributed by atoms with E-state index in [1.54, 1.807) is 42.9 Å². The number of benzene rings is 1. The van der Waals surface area contributed by atoms with Crippen molar-refractivity contribution in [1.82, 2.24) is 19.7 Å². The number of aromatic nitrogens is 4. The van der Waals surface area contributed by atoms with Crippen LogP contribution in [0.2, 0.25) is 0 Å². The van der Waals surface area contributed by atoms with Crippen molar-refractivity contribution in [3.63, 3.8) is 0 Å². The number of nitrogens with zero attached hydrogens (tertiary/aromatic N) is 4. The third-order valence-corrected chi connectivity index (χ3v) is 3.81. The molecule has 1 N–H and O–H groups in total. The van der Waals surface area contributed by atoms with E-state index in [1.165, 1.54) is 24.3 Å². The first kappa shape index (κ1) is 16.6. The quantitative estimate of drug-likeness (QED) is 0.585. The second-order valence-corrected chi connectivity index (χ2v) is 5.66. The van der Waals surface area contributed by atoms with Gasteiger partial charge in [0.15, 0.2) is 5.82 Å². The third-order valence-electron chi connectivity index (χ3n) is 3.81. The highest BCUT2D eigenvalue weighted by molar-refractivity contribution is 5.97. The maximum absolute atomic E-state index is 13.2. The van der Waals surface area contributed by atoms with E-state index in [4.69, 9.17) is 4.42 Å². The second-order valence-electron chi connectivity index (χ2n) is 5.66. The summed E-state index contributed by atoms with van der Waals surface area (Å²) in [5.74, 6) is 0.429. The predicted octanol–water partition coefficient (Wildman–Crippen LogP) is 3.37. The summed E-state index contributed by atoms with van der Waals surface area (Å²) < 4.78 is 19.6. The molecule has 0 aliphatic heterocycles. The first-order valence-electron chi connectivity index (χ1n) is 8.15. The number of carbonyl (C=O) groups excluding carboxylic acids is 1. The van der Waals surface area contributed by atoms with Crippen LogP contribution in [0, 0.1) is 5.82 Å². The summed E-state index contributed by atoms with van der Waals surface area (Å²) in [5.41, 5.74) is 0.962. The summed E-state index contributed by atoms with van der Waals surface area (Å²) in [5, 5.41) is 7.36. The number of furan rings is 1. The van der Waals surface area contributed by atoms with Gasteiger partial charge in [-0.2, -0.15) is 9.67 Å². The number of nitrogens with one attached hydrogen (secondary N) is 1. The van der Waals surface area contributed by atoms with Crippen molar-refractivity contribution in [3.05, 3.63) is 84.3 Å². The molecule has 8 heteroatoms. The SMILES string of the molecule is O=C(c1ccc(F)cc1)n1nc(-c2cccnc2)nc1NCc1ccco1. The summed E-state index contributed by atoms with van der Waals surface area (Å²) in [6, 6.07) is 12.4. The lowest BCUT2D eigenvalue weighted by Crippen LogP contribution is -2.17. The zero-order chi connectivity index (χ0) is 18.6. The van der Waals surface area contributed by atoms with Gasteiger partial charge in [0.05, 0.1) is 12.8 Å². The smallest absolute Gasteiger partial charge is 0.281 e. The van der Waals surface area contributed by atoms with Crippen LogP contribution in [0.3, 0.4) is 0 Å². The molecule has 0 fully saturated rings. The van der Waals surface area contributed by atoms with Crippen LogP contribution in [0.5, 0.6) is 0 Å². The lowest BCUT2D eigenvalue weighted by molar-refractivity contribution is 0.0947. The Kier molecular flexibility index (Phi) is 4.44. The molecule has 0 atom stereocenters. The van der Waals surface area contributed by atoms with Gasteiger partial charge in [-0.05, 0) is 48.5 Å². The molecule has 0 aliphatic rings. The topological polar surface area (TPSA) is 85.8 Å². The van der Waals surface area contributed by atoms with Gasteiger partial charge in [-0.25, -0.2) is 4.39 Å². The highest BCUT2D eigenvalue weighted by Gasteiger charge is 2.19. The summed E-state index contributed by atoms with van der Waals surface area (Å²) in [6.07, 6.45) is 4.81. The van der Waals surface area contributed by atoms with E-state index in [0.717, 1.165) is 4.68 Å². The Morgan fingerprint density at radius 1 is 1.15 bits per heavy atom. The van der Waals surface area contributed by atoms with E-state index in [0.29, 0.717) is 29.3 Å². The first-order chi connectivity index (χ1) is 13.2. The number of pyridine rings is 1. The van der Waals surface area contributed by atoms with Crippen molar-refractivity contribution in [1.29, 1.82) is 0 Å². The van der Waals surface area contributed by atoms with Crippen LogP contribution in [0.1, 0.15) is 16.1 Å². The number of halogens is 1. The molecule has 7 nitrogen and oxygen atoms in total. The Hall–Kier alpha value is -3.81. The van der Waals surface area contributed by atoms with Crippen molar-refractivity contribution in [2.75, 3.05) is 5.32 Å².